The molecule has 0 aliphatic carbocycles. The lowest BCUT2D eigenvalue weighted by molar-refractivity contribution is -0.123. The molecule has 1 unspecified atom stereocenters. The highest BCUT2D eigenvalue weighted by molar-refractivity contribution is 5.86. The largest absolute Gasteiger partial charge is 0.321 e. The predicted molar refractivity (Wildman–Crippen MR) is 35.1 cm³/mol. The van der Waals surface area contributed by atoms with Crippen LogP contribution in [0.1, 0.15) is 6.42 Å². The number of likely N-dealkylation sites (N-methyl/N-ethyl adjacent to an activating group) is 1. The van der Waals surface area contributed by atoms with Crippen LogP contribution in [0.25, 0.3) is 0 Å². The maximum Gasteiger partial charge on any atom is 0.163 e. The number of hydrogen-bond donors (Lipinski definition) is 1. The van der Waals surface area contributed by atoms with Crippen LogP contribution < -0.4 is 5.73 Å². The van der Waals surface area contributed by atoms with Gasteiger partial charge >= 0.3 is 0 Å². The third-order valence-corrected chi connectivity index (χ3v) is 1.66. The average Bonchev–Trinajstić information content (AvgIpc) is 1.80. The molecule has 0 saturated carbocycles. The van der Waals surface area contributed by atoms with E-state index in [0.717, 1.165) is 13.0 Å². The van der Waals surface area contributed by atoms with Crippen molar-refractivity contribution in [2.75, 3.05) is 20.1 Å². The van der Waals surface area contributed by atoms with Gasteiger partial charge in [0.2, 0.25) is 0 Å². The molecule has 1 atom stereocenters. The van der Waals surface area contributed by atoms with Gasteiger partial charge in [0.05, 0.1) is 12.6 Å². The lowest BCUT2D eigenvalue weighted by Gasteiger charge is -2.24. The minimum absolute atomic E-state index is 0.170. The molecule has 3 nitrogen and oxygen atoms in total. The molecule has 0 aromatic carbocycles. The molecule has 3 heteroatoms. The van der Waals surface area contributed by atoms with Crippen molar-refractivity contribution in [1.29, 1.82) is 0 Å². The van der Waals surface area contributed by atoms with Crippen LogP contribution in [-0.4, -0.2) is 36.9 Å². The fourth-order valence-corrected chi connectivity index (χ4v) is 0.983. The van der Waals surface area contributed by atoms with Crippen LogP contribution in [0.5, 0.6) is 0 Å². The van der Waals surface area contributed by atoms with Crippen LogP contribution in [0, 0.1) is 0 Å². The number of nitrogens with zero attached hydrogens (tertiary/aromatic N) is 1. The van der Waals surface area contributed by atoms with Gasteiger partial charge in [-0.1, -0.05) is 0 Å². The van der Waals surface area contributed by atoms with Crippen molar-refractivity contribution in [2.45, 2.75) is 12.5 Å². The zero-order valence-electron chi connectivity index (χ0n) is 5.63. The number of ketones is 1. The summed E-state index contributed by atoms with van der Waals surface area (Å²) >= 11 is 0. The molecule has 1 aliphatic heterocycles. The molecule has 9 heavy (non-hydrogen) atoms. The quantitative estimate of drug-likeness (QED) is 0.465. The highest BCUT2D eigenvalue weighted by Crippen LogP contribution is 2.01. The molecule has 1 rings (SSSR count). The Morgan fingerprint density at radius 1 is 1.78 bits per heavy atom. The summed E-state index contributed by atoms with van der Waals surface area (Å²) in [6.07, 6.45) is 0.815. The van der Waals surface area contributed by atoms with E-state index >= 15 is 0 Å². The van der Waals surface area contributed by atoms with Crippen molar-refractivity contribution < 1.29 is 4.79 Å². The molecule has 0 aromatic rings. The van der Waals surface area contributed by atoms with E-state index < -0.39 is 0 Å². The molecule has 1 heterocycles. The zero-order valence-corrected chi connectivity index (χ0v) is 5.63. The number of carbonyl (C=O) groups excluding carboxylic acids is 1. The first kappa shape index (κ1) is 6.71. The average molecular weight is 128 g/mol. The zero-order chi connectivity index (χ0) is 6.85. The second-order valence-corrected chi connectivity index (χ2v) is 2.60. The van der Waals surface area contributed by atoms with E-state index in [1.807, 2.05) is 11.9 Å². The van der Waals surface area contributed by atoms with Crippen molar-refractivity contribution in [3.63, 3.8) is 0 Å². The Balaban J connectivity index is 2.44. The lowest BCUT2D eigenvalue weighted by Crippen LogP contribution is -2.45. The summed E-state index contributed by atoms with van der Waals surface area (Å²) in [5.74, 6) is 0.170. The first-order valence-electron chi connectivity index (χ1n) is 3.17. The molecule has 0 radical (unpaired) electrons. The third-order valence-electron chi connectivity index (χ3n) is 1.66. The van der Waals surface area contributed by atoms with Crippen molar-refractivity contribution in [1.82, 2.24) is 4.90 Å². The lowest BCUT2D eigenvalue weighted by atomic mass is 10.1. The normalized spacial score (nSPS) is 30.9. The maximum absolute atomic E-state index is 10.8. The molecule has 1 aliphatic rings. The molecular weight excluding hydrogens is 116 g/mol. The minimum atomic E-state index is -0.193. The van der Waals surface area contributed by atoms with Crippen LogP contribution in [-0.2, 0) is 4.79 Å². The van der Waals surface area contributed by atoms with E-state index in [4.69, 9.17) is 5.73 Å². The summed E-state index contributed by atoms with van der Waals surface area (Å²) in [6.45, 7) is 1.48. The molecule has 52 valence electrons. The third kappa shape index (κ3) is 1.50. The number of likely N-dealkylation sites (tertiary alicyclic amines) is 1. The fourth-order valence-electron chi connectivity index (χ4n) is 0.983. The van der Waals surface area contributed by atoms with Gasteiger partial charge in [-0.15, -0.1) is 0 Å². The Labute approximate surface area is 54.8 Å². The van der Waals surface area contributed by atoms with Crippen LogP contribution >= 0.6 is 0 Å². The monoisotopic (exact) mass is 128 g/mol. The molecule has 2 N–H and O–H groups in total. The number of carbonyl (C=O) groups is 1. The predicted octanol–water partition coefficient (Wildman–Crippen LogP) is -0.782. The standard InChI is InChI=1S/C6H12N2O/c1-8-3-2-5(7)6(9)4-8/h5H,2-4,7H2,1H3. The Bertz CT molecular complexity index is 124. The van der Waals surface area contributed by atoms with Gasteiger partial charge in [0.1, 0.15) is 0 Å². The van der Waals surface area contributed by atoms with Crippen LogP contribution in [0.4, 0.5) is 0 Å². The Kier molecular flexibility index (Phi) is 1.83. The van der Waals surface area contributed by atoms with Gasteiger partial charge in [-0.25, -0.2) is 0 Å². The van der Waals surface area contributed by atoms with Crippen molar-refractivity contribution >= 4 is 5.78 Å². The van der Waals surface area contributed by atoms with Crippen molar-refractivity contribution in [2.24, 2.45) is 5.73 Å². The molecular formula is C6H12N2O. The van der Waals surface area contributed by atoms with Crippen LogP contribution in [0.15, 0.2) is 0 Å². The molecule has 1 saturated heterocycles. The first-order chi connectivity index (χ1) is 4.20. The van der Waals surface area contributed by atoms with Gasteiger partial charge in [0, 0.05) is 6.54 Å². The topological polar surface area (TPSA) is 46.3 Å². The summed E-state index contributed by atoms with van der Waals surface area (Å²) in [6, 6.07) is -0.193. The van der Waals surface area contributed by atoms with E-state index in [0.29, 0.717) is 6.54 Å². The van der Waals surface area contributed by atoms with Crippen LogP contribution in [0.3, 0.4) is 0 Å². The highest BCUT2D eigenvalue weighted by Gasteiger charge is 2.20. The van der Waals surface area contributed by atoms with E-state index in [1.165, 1.54) is 0 Å². The summed E-state index contributed by atoms with van der Waals surface area (Å²) in [4.78, 5) is 12.8. The second kappa shape index (κ2) is 2.45. The van der Waals surface area contributed by atoms with Crippen molar-refractivity contribution in [3.05, 3.63) is 0 Å². The van der Waals surface area contributed by atoms with Gasteiger partial charge in [-0.05, 0) is 13.5 Å². The number of piperidine rings is 1. The Hall–Kier alpha value is -0.410. The Morgan fingerprint density at radius 2 is 2.44 bits per heavy atom. The van der Waals surface area contributed by atoms with Gasteiger partial charge in [-0.2, -0.15) is 0 Å². The smallest absolute Gasteiger partial charge is 0.163 e. The first-order valence-corrected chi connectivity index (χ1v) is 3.17. The fraction of sp³-hybridized carbons (Fsp3) is 0.833. The molecule has 1 fully saturated rings. The van der Waals surface area contributed by atoms with Gasteiger partial charge in [0.15, 0.2) is 5.78 Å². The minimum Gasteiger partial charge on any atom is -0.321 e. The maximum atomic E-state index is 10.8. The summed E-state index contributed by atoms with van der Waals surface area (Å²) in [7, 11) is 1.93. The number of nitrogens with two attached hydrogens (primary N) is 1. The van der Waals surface area contributed by atoms with E-state index in [1.54, 1.807) is 0 Å². The molecule has 0 spiro atoms. The van der Waals surface area contributed by atoms with Gasteiger partial charge < -0.3 is 5.73 Å². The number of rotatable bonds is 0. The Morgan fingerprint density at radius 3 is 2.89 bits per heavy atom. The van der Waals surface area contributed by atoms with E-state index in [-0.39, 0.29) is 11.8 Å². The van der Waals surface area contributed by atoms with E-state index in [2.05, 4.69) is 0 Å². The molecule has 0 amide bonds. The highest BCUT2D eigenvalue weighted by atomic mass is 16.1. The van der Waals surface area contributed by atoms with Gasteiger partial charge in [-0.3, -0.25) is 9.69 Å². The van der Waals surface area contributed by atoms with Gasteiger partial charge in [0.25, 0.3) is 0 Å². The number of hydrogen-bond acceptors (Lipinski definition) is 3. The molecule has 0 aromatic heterocycles. The van der Waals surface area contributed by atoms with E-state index in [9.17, 15) is 4.79 Å². The van der Waals surface area contributed by atoms with Crippen molar-refractivity contribution in [3.8, 4) is 0 Å². The second-order valence-electron chi connectivity index (χ2n) is 2.60. The summed E-state index contributed by atoms with van der Waals surface area (Å²) < 4.78 is 0. The molecule has 0 bridgehead atoms. The summed E-state index contributed by atoms with van der Waals surface area (Å²) in [5, 5.41) is 0. The van der Waals surface area contributed by atoms with Crippen LogP contribution in [0.2, 0.25) is 0 Å². The number of Topliss-reactive ketones (excluding diaryl/α,β-unsaturated/α-hetero) is 1. The SMILES string of the molecule is CN1CCC(N)C(=O)C1. The summed E-state index contributed by atoms with van der Waals surface area (Å²) in [5.41, 5.74) is 5.46.